The van der Waals surface area contributed by atoms with Gasteiger partial charge in [-0.05, 0) is 97.6 Å². The second-order valence-electron chi connectivity index (χ2n) is 7.62. The number of aliphatic imine (C=N–C) groups is 1. The molecule has 1 amide bonds. The first-order chi connectivity index (χ1) is 17.2. The fourth-order valence-corrected chi connectivity index (χ4v) is 4.71. The number of nitrogens with zero attached hydrogens (tertiary/aromatic N) is 2. The van der Waals surface area contributed by atoms with Crippen molar-refractivity contribution in [1.82, 2.24) is 0 Å². The van der Waals surface area contributed by atoms with E-state index in [1.807, 2.05) is 0 Å². The van der Waals surface area contributed by atoms with E-state index in [0.29, 0.717) is 31.5 Å². The van der Waals surface area contributed by atoms with E-state index in [-0.39, 0.29) is 29.8 Å². The van der Waals surface area contributed by atoms with Crippen LogP contribution >= 0.6 is 31.9 Å². The molecule has 0 fully saturated rings. The molecule has 0 saturated heterocycles. The lowest BCUT2D eigenvalue weighted by molar-refractivity contribution is -0.384. The zero-order valence-corrected chi connectivity index (χ0v) is 21.8. The van der Waals surface area contributed by atoms with Crippen molar-refractivity contribution in [1.29, 1.82) is 0 Å². The first kappa shape index (κ1) is 25.3. The first-order valence-corrected chi connectivity index (χ1v) is 12.0. The summed E-state index contributed by atoms with van der Waals surface area (Å²) in [7, 11) is 0. The SMILES string of the molecule is CC(=O)Nc1ccc(C2=N/C(=C\c3cc(Br)c(OCc4ccc([N+](=O)[O-])cc4)c(Br)c3)C(=O)O2)cc1. The van der Waals surface area contributed by atoms with Gasteiger partial charge < -0.3 is 14.8 Å². The Morgan fingerprint density at radius 1 is 1.11 bits per heavy atom. The summed E-state index contributed by atoms with van der Waals surface area (Å²) in [6.45, 7) is 1.62. The van der Waals surface area contributed by atoms with Crippen molar-refractivity contribution >= 4 is 67.1 Å². The van der Waals surface area contributed by atoms with Gasteiger partial charge in [0.25, 0.3) is 5.69 Å². The Bertz CT molecular complexity index is 1390. The van der Waals surface area contributed by atoms with Gasteiger partial charge in [-0.2, -0.15) is 0 Å². The maximum Gasteiger partial charge on any atom is 0.363 e. The molecule has 0 saturated carbocycles. The van der Waals surface area contributed by atoms with E-state index in [1.54, 1.807) is 54.6 Å². The van der Waals surface area contributed by atoms with Gasteiger partial charge in [-0.1, -0.05) is 0 Å². The Balaban J connectivity index is 1.49. The lowest BCUT2D eigenvalue weighted by Crippen LogP contribution is -2.07. The van der Waals surface area contributed by atoms with Crippen molar-refractivity contribution < 1.29 is 24.0 Å². The monoisotopic (exact) mass is 613 g/mol. The number of non-ortho nitro benzene ring substituents is 1. The zero-order valence-electron chi connectivity index (χ0n) is 18.7. The molecule has 1 N–H and O–H groups in total. The lowest BCUT2D eigenvalue weighted by Gasteiger charge is -2.11. The highest BCUT2D eigenvalue weighted by Gasteiger charge is 2.24. The standard InChI is InChI=1S/C25H17Br2N3O6/c1-14(31)28-18-6-4-17(5-7-18)24-29-22(25(32)36-24)12-16-10-20(26)23(21(27)11-16)35-13-15-2-8-19(9-3-15)30(33)34/h2-12H,13H2,1H3,(H,28,31)/b22-12-. The van der Waals surface area contributed by atoms with Crippen LogP contribution in [0.3, 0.4) is 0 Å². The average molecular weight is 615 g/mol. The van der Waals surface area contributed by atoms with E-state index < -0.39 is 10.9 Å². The van der Waals surface area contributed by atoms with Crippen molar-refractivity contribution in [2.75, 3.05) is 5.32 Å². The predicted octanol–water partition coefficient (Wildman–Crippen LogP) is 6.00. The number of carbonyl (C=O) groups excluding carboxylic acids is 2. The Morgan fingerprint density at radius 3 is 2.33 bits per heavy atom. The maximum atomic E-state index is 12.4. The molecule has 0 atom stereocenters. The molecule has 1 aliphatic heterocycles. The van der Waals surface area contributed by atoms with Crippen molar-refractivity contribution in [3.8, 4) is 5.75 Å². The van der Waals surface area contributed by atoms with Crippen LogP contribution in [0.1, 0.15) is 23.6 Å². The molecule has 36 heavy (non-hydrogen) atoms. The molecule has 0 spiro atoms. The second-order valence-corrected chi connectivity index (χ2v) is 9.33. The van der Waals surface area contributed by atoms with E-state index in [4.69, 9.17) is 9.47 Å². The third-order valence-electron chi connectivity index (χ3n) is 4.93. The molecule has 1 aliphatic rings. The molecule has 1 heterocycles. The summed E-state index contributed by atoms with van der Waals surface area (Å²) in [5.74, 6) is -0.0610. The van der Waals surface area contributed by atoms with E-state index in [1.165, 1.54) is 19.1 Å². The van der Waals surface area contributed by atoms with Crippen molar-refractivity contribution in [2.24, 2.45) is 4.99 Å². The van der Waals surface area contributed by atoms with Crippen LogP contribution in [0.4, 0.5) is 11.4 Å². The smallest absolute Gasteiger partial charge is 0.363 e. The van der Waals surface area contributed by atoms with Crippen LogP contribution < -0.4 is 10.1 Å². The molecular formula is C25H17Br2N3O6. The number of anilines is 1. The van der Waals surface area contributed by atoms with Crippen LogP contribution in [0.2, 0.25) is 0 Å². The summed E-state index contributed by atoms with van der Waals surface area (Å²) < 4.78 is 12.5. The van der Waals surface area contributed by atoms with Crippen molar-refractivity contribution in [3.63, 3.8) is 0 Å². The van der Waals surface area contributed by atoms with Crippen LogP contribution in [0, 0.1) is 10.1 Å². The van der Waals surface area contributed by atoms with E-state index in [0.717, 1.165) is 5.56 Å². The number of nitro groups is 1. The topological polar surface area (TPSA) is 120 Å². The highest BCUT2D eigenvalue weighted by molar-refractivity contribution is 9.11. The van der Waals surface area contributed by atoms with Crippen LogP contribution in [-0.2, 0) is 20.9 Å². The number of amides is 1. The molecule has 3 aromatic carbocycles. The number of carbonyl (C=O) groups is 2. The van der Waals surface area contributed by atoms with Gasteiger partial charge in [0.1, 0.15) is 12.4 Å². The number of nitrogens with one attached hydrogen (secondary N) is 1. The maximum absolute atomic E-state index is 12.4. The number of halogens is 2. The Labute approximate surface area is 222 Å². The van der Waals surface area contributed by atoms with E-state index >= 15 is 0 Å². The largest absolute Gasteiger partial charge is 0.487 e. The van der Waals surface area contributed by atoms with Gasteiger partial charge in [-0.25, -0.2) is 9.79 Å². The van der Waals surface area contributed by atoms with Gasteiger partial charge in [0.05, 0.1) is 13.9 Å². The number of rotatable bonds is 7. The normalized spacial score (nSPS) is 13.8. The Kier molecular flexibility index (Phi) is 7.61. The highest BCUT2D eigenvalue weighted by Crippen LogP contribution is 2.36. The molecule has 9 nitrogen and oxygen atoms in total. The van der Waals surface area contributed by atoms with Crippen LogP contribution in [0.5, 0.6) is 5.75 Å². The second kappa shape index (κ2) is 10.8. The first-order valence-electron chi connectivity index (χ1n) is 10.5. The molecule has 3 aromatic rings. The molecular weight excluding hydrogens is 598 g/mol. The lowest BCUT2D eigenvalue weighted by atomic mass is 10.2. The number of esters is 1. The molecule has 0 bridgehead atoms. The van der Waals surface area contributed by atoms with Crippen LogP contribution in [0.15, 0.2) is 80.3 Å². The van der Waals surface area contributed by atoms with Crippen molar-refractivity contribution in [2.45, 2.75) is 13.5 Å². The Hall–Kier alpha value is -3.83. The molecule has 182 valence electrons. The minimum Gasteiger partial charge on any atom is -0.487 e. The summed E-state index contributed by atoms with van der Waals surface area (Å²) >= 11 is 6.97. The van der Waals surface area contributed by atoms with E-state index in [2.05, 4.69) is 42.2 Å². The average Bonchev–Trinajstić information content (AvgIpc) is 3.19. The summed E-state index contributed by atoms with van der Waals surface area (Å²) in [6.07, 6.45) is 1.59. The predicted molar refractivity (Wildman–Crippen MR) is 141 cm³/mol. The summed E-state index contributed by atoms with van der Waals surface area (Å²) in [5.41, 5.74) is 2.81. The number of ether oxygens (including phenoxy) is 2. The van der Waals surface area contributed by atoms with E-state index in [9.17, 15) is 19.7 Å². The molecule has 0 radical (unpaired) electrons. The summed E-state index contributed by atoms with van der Waals surface area (Å²) in [6, 6.07) is 16.4. The molecule has 0 aromatic heterocycles. The number of nitro benzene ring substituents is 1. The third-order valence-corrected chi connectivity index (χ3v) is 6.11. The van der Waals surface area contributed by atoms with Gasteiger partial charge in [-0.3, -0.25) is 14.9 Å². The number of cyclic esters (lactones) is 1. The Morgan fingerprint density at radius 2 is 1.75 bits per heavy atom. The zero-order chi connectivity index (χ0) is 25.8. The molecule has 0 unspecified atom stereocenters. The fraction of sp³-hybridized carbons (Fsp3) is 0.0800. The van der Waals surface area contributed by atoms with Gasteiger partial charge in [0.15, 0.2) is 5.70 Å². The van der Waals surface area contributed by atoms with Gasteiger partial charge in [0, 0.05) is 30.3 Å². The van der Waals surface area contributed by atoms with Gasteiger partial charge in [-0.15, -0.1) is 0 Å². The van der Waals surface area contributed by atoms with Crippen LogP contribution in [-0.4, -0.2) is 22.7 Å². The summed E-state index contributed by atoms with van der Waals surface area (Å²) in [5, 5.41) is 13.5. The summed E-state index contributed by atoms with van der Waals surface area (Å²) in [4.78, 5) is 38.2. The minimum absolute atomic E-state index is 0.0109. The van der Waals surface area contributed by atoms with Gasteiger partial charge >= 0.3 is 5.97 Å². The number of hydrogen-bond acceptors (Lipinski definition) is 7. The third kappa shape index (κ3) is 6.04. The molecule has 4 rings (SSSR count). The highest BCUT2D eigenvalue weighted by atomic mass is 79.9. The minimum atomic E-state index is -0.582. The quantitative estimate of drug-likeness (QED) is 0.151. The van der Waals surface area contributed by atoms with Gasteiger partial charge in [0.2, 0.25) is 11.8 Å². The van der Waals surface area contributed by atoms with Crippen molar-refractivity contribution in [3.05, 3.63) is 102 Å². The number of hydrogen-bond donors (Lipinski definition) is 1. The fourth-order valence-electron chi connectivity index (χ4n) is 3.26. The van der Waals surface area contributed by atoms with Crippen LogP contribution in [0.25, 0.3) is 6.08 Å². The number of benzene rings is 3. The molecule has 0 aliphatic carbocycles. The molecule has 11 heteroatoms.